The molecule has 2 aromatic heterocycles. The Morgan fingerprint density at radius 2 is 1.70 bits per heavy atom. The van der Waals surface area contributed by atoms with Gasteiger partial charge >= 0.3 is 0 Å². The average Bonchev–Trinajstić information content (AvgIpc) is 3.49. The smallest absolute Gasteiger partial charge is 0.191 e. The van der Waals surface area contributed by atoms with E-state index in [1.165, 1.54) is 28.9 Å². The van der Waals surface area contributed by atoms with Crippen LogP contribution in [0.15, 0.2) is 65.8 Å². The zero-order valence-corrected chi connectivity index (χ0v) is 18.0. The molecule has 0 aliphatic heterocycles. The summed E-state index contributed by atoms with van der Waals surface area (Å²) < 4.78 is 4.37. The Morgan fingerprint density at radius 1 is 0.933 bits per heavy atom. The highest BCUT2D eigenvalue weighted by molar-refractivity contribution is 7.98. The van der Waals surface area contributed by atoms with Gasteiger partial charge in [0.15, 0.2) is 5.16 Å². The molecule has 0 N–H and O–H groups in total. The fourth-order valence-corrected chi connectivity index (χ4v) is 5.18. The van der Waals surface area contributed by atoms with Crippen LogP contribution in [0.1, 0.15) is 41.7 Å². The van der Waals surface area contributed by atoms with Crippen LogP contribution in [0, 0.1) is 0 Å². The minimum Gasteiger partial charge on any atom is -0.306 e. The Labute approximate surface area is 181 Å². The lowest BCUT2D eigenvalue weighted by molar-refractivity contribution is 0.651. The number of para-hydroxylation sites is 1. The number of nitrogens with zero attached hydrogens (tertiary/aromatic N) is 5. The maximum absolute atomic E-state index is 4.99. The third kappa shape index (κ3) is 3.67. The molecule has 0 fully saturated rings. The fourth-order valence-electron chi connectivity index (χ4n) is 4.20. The molecule has 0 unspecified atom stereocenters. The summed E-state index contributed by atoms with van der Waals surface area (Å²) >= 11 is 1.74. The molecule has 1 aliphatic rings. The van der Waals surface area contributed by atoms with E-state index in [1.54, 1.807) is 11.8 Å². The molecule has 0 saturated carbocycles. The van der Waals surface area contributed by atoms with E-state index in [9.17, 15) is 0 Å². The Morgan fingerprint density at radius 3 is 2.47 bits per heavy atom. The predicted octanol–water partition coefficient (Wildman–Crippen LogP) is 4.86. The second-order valence-corrected chi connectivity index (χ2v) is 8.51. The van der Waals surface area contributed by atoms with Gasteiger partial charge in [0.25, 0.3) is 0 Å². The SMILES string of the molecule is CCn1c(Cc2ccccc2)nnc1SCc1nn(-c2ccccc2)c2c1CCC2. The van der Waals surface area contributed by atoms with Gasteiger partial charge in [-0.15, -0.1) is 10.2 Å². The number of hydrogen-bond donors (Lipinski definition) is 0. The molecule has 2 aromatic carbocycles. The molecule has 152 valence electrons. The first-order valence-corrected chi connectivity index (χ1v) is 11.6. The van der Waals surface area contributed by atoms with E-state index in [0.29, 0.717) is 0 Å². The highest BCUT2D eigenvalue weighted by Gasteiger charge is 2.23. The molecule has 4 aromatic rings. The molecule has 0 spiro atoms. The van der Waals surface area contributed by atoms with Crippen molar-refractivity contribution in [2.45, 2.75) is 50.1 Å². The molecule has 0 saturated heterocycles. The number of benzene rings is 2. The molecule has 6 heteroatoms. The standard InChI is InChI=1S/C24H25N5S/c1-2-28-23(16-18-10-5-3-6-11-18)25-26-24(28)30-17-21-20-14-9-15-22(20)29(27-21)19-12-7-4-8-13-19/h3-8,10-13H,2,9,14-17H2,1H3. The van der Waals surface area contributed by atoms with Gasteiger partial charge in [0, 0.05) is 24.4 Å². The molecule has 2 heterocycles. The lowest BCUT2D eigenvalue weighted by atomic mass is 10.1. The minimum absolute atomic E-state index is 0.806. The van der Waals surface area contributed by atoms with Crippen LogP contribution in [-0.4, -0.2) is 24.5 Å². The largest absolute Gasteiger partial charge is 0.306 e. The van der Waals surface area contributed by atoms with Crippen molar-refractivity contribution in [3.8, 4) is 5.69 Å². The molecule has 0 radical (unpaired) electrons. The molecule has 1 aliphatic carbocycles. The summed E-state index contributed by atoms with van der Waals surface area (Å²) in [7, 11) is 0. The highest BCUT2D eigenvalue weighted by Crippen LogP contribution is 2.31. The zero-order valence-electron chi connectivity index (χ0n) is 17.2. The number of aromatic nitrogens is 5. The van der Waals surface area contributed by atoms with Gasteiger partial charge < -0.3 is 4.57 Å². The van der Waals surface area contributed by atoms with Crippen LogP contribution in [0.3, 0.4) is 0 Å². The van der Waals surface area contributed by atoms with Crippen LogP contribution in [0.2, 0.25) is 0 Å². The van der Waals surface area contributed by atoms with Crippen LogP contribution >= 0.6 is 11.8 Å². The van der Waals surface area contributed by atoms with Gasteiger partial charge in [-0.2, -0.15) is 5.10 Å². The van der Waals surface area contributed by atoms with Crippen LogP contribution in [0.25, 0.3) is 5.69 Å². The van der Waals surface area contributed by atoms with Crippen LogP contribution < -0.4 is 0 Å². The zero-order chi connectivity index (χ0) is 20.3. The second kappa shape index (κ2) is 8.48. The van der Waals surface area contributed by atoms with E-state index in [2.05, 4.69) is 81.0 Å². The summed E-state index contributed by atoms with van der Waals surface area (Å²) in [5.74, 6) is 1.84. The van der Waals surface area contributed by atoms with Crippen molar-refractivity contribution in [1.29, 1.82) is 0 Å². The normalized spacial score (nSPS) is 13.0. The van der Waals surface area contributed by atoms with Crippen LogP contribution in [-0.2, 0) is 31.6 Å². The maximum Gasteiger partial charge on any atom is 0.191 e. The molecule has 0 atom stereocenters. The van der Waals surface area contributed by atoms with E-state index in [1.807, 2.05) is 6.07 Å². The number of thioether (sulfide) groups is 1. The highest BCUT2D eigenvalue weighted by atomic mass is 32.2. The summed E-state index contributed by atoms with van der Waals surface area (Å²) in [6.45, 7) is 3.03. The van der Waals surface area contributed by atoms with Crippen molar-refractivity contribution in [3.63, 3.8) is 0 Å². The van der Waals surface area contributed by atoms with Crippen LogP contribution in [0.5, 0.6) is 0 Å². The minimum atomic E-state index is 0.806. The fraction of sp³-hybridized carbons (Fsp3) is 0.292. The van der Waals surface area contributed by atoms with Gasteiger partial charge in [-0.05, 0) is 49.4 Å². The van der Waals surface area contributed by atoms with Crippen molar-refractivity contribution >= 4 is 11.8 Å². The average molecular weight is 416 g/mol. The van der Waals surface area contributed by atoms with Gasteiger partial charge in [0.05, 0.1) is 11.4 Å². The van der Waals surface area contributed by atoms with Crippen molar-refractivity contribution in [2.75, 3.05) is 0 Å². The van der Waals surface area contributed by atoms with E-state index in [-0.39, 0.29) is 0 Å². The van der Waals surface area contributed by atoms with Crippen molar-refractivity contribution in [2.24, 2.45) is 0 Å². The van der Waals surface area contributed by atoms with E-state index in [4.69, 9.17) is 5.10 Å². The second-order valence-electron chi connectivity index (χ2n) is 7.57. The lowest BCUT2D eigenvalue weighted by Crippen LogP contribution is -2.04. The number of hydrogen-bond acceptors (Lipinski definition) is 4. The first-order valence-electron chi connectivity index (χ1n) is 10.6. The topological polar surface area (TPSA) is 48.5 Å². The molecular weight excluding hydrogens is 390 g/mol. The quantitative estimate of drug-likeness (QED) is 0.405. The first-order chi connectivity index (χ1) is 14.8. The van der Waals surface area contributed by atoms with Gasteiger partial charge in [-0.25, -0.2) is 4.68 Å². The van der Waals surface area contributed by atoms with Gasteiger partial charge in [-0.1, -0.05) is 60.3 Å². The Hall–Kier alpha value is -2.86. The van der Waals surface area contributed by atoms with E-state index >= 15 is 0 Å². The lowest BCUT2D eigenvalue weighted by Gasteiger charge is -2.07. The Kier molecular flexibility index (Phi) is 5.41. The molecule has 0 amide bonds. The predicted molar refractivity (Wildman–Crippen MR) is 120 cm³/mol. The van der Waals surface area contributed by atoms with Crippen molar-refractivity contribution in [3.05, 3.63) is 89.0 Å². The van der Waals surface area contributed by atoms with Crippen molar-refractivity contribution < 1.29 is 0 Å². The van der Waals surface area contributed by atoms with E-state index in [0.717, 1.165) is 48.2 Å². The molecule has 5 nitrogen and oxygen atoms in total. The Balaban J connectivity index is 1.37. The van der Waals surface area contributed by atoms with Gasteiger partial charge in [0.1, 0.15) is 5.82 Å². The summed E-state index contributed by atoms with van der Waals surface area (Å²) in [4.78, 5) is 0. The summed E-state index contributed by atoms with van der Waals surface area (Å²) in [5.41, 5.74) is 6.40. The maximum atomic E-state index is 4.99. The first kappa shape index (κ1) is 19.1. The Bertz CT molecular complexity index is 1130. The summed E-state index contributed by atoms with van der Waals surface area (Å²) in [5, 5.41) is 14.9. The van der Waals surface area contributed by atoms with Crippen LogP contribution in [0.4, 0.5) is 0 Å². The third-order valence-electron chi connectivity index (χ3n) is 5.67. The van der Waals surface area contributed by atoms with E-state index < -0.39 is 0 Å². The third-order valence-corrected chi connectivity index (χ3v) is 6.64. The molecular formula is C24H25N5S. The summed E-state index contributed by atoms with van der Waals surface area (Å²) in [6.07, 6.45) is 4.25. The van der Waals surface area contributed by atoms with Crippen molar-refractivity contribution in [1.82, 2.24) is 24.5 Å². The summed E-state index contributed by atoms with van der Waals surface area (Å²) in [6, 6.07) is 20.9. The number of rotatable bonds is 7. The molecule has 0 bridgehead atoms. The molecule has 5 rings (SSSR count). The number of fused-ring (bicyclic) bond motifs is 1. The monoisotopic (exact) mass is 415 g/mol. The van der Waals surface area contributed by atoms with Gasteiger partial charge in [-0.3, -0.25) is 0 Å². The van der Waals surface area contributed by atoms with Gasteiger partial charge in [0.2, 0.25) is 0 Å². The molecule has 30 heavy (non-hydrogen) atoms.